The van der Waals surface area contributed by atoms with Crippen LogP contribution in [0.15, 0.2) is 70.7 Å². The molecule has 2 heterocycles. The summed E-state index contributed by atoms with van der Waals surface area (Å²) in [6.45, 7) is 0.340. The van der Waals surface area contributed by atoms with Gasteiger partial charge in [-0.1, -0.05) is 24.3 Å². The lowest BCUT2D eigenvalue weighted by molar-refractivity contribution is 0.104. The standard InChI is InChI=1S/C20H17N3O4/c1-23-19(25)16(12-22-20(23)26)17(24)9-8-15-6-2-3-7-18(15)27-13-14-5-4-10-21-11-14/h2-12H,13H2,1H3,(H,22,26). The van der Waals surface area contributed by atoms with Crippen LogP contribution in [0.2, 0.25) is 0 Å². The van der Waals surface area contributed by atoms with E-state index in [1.165, 1.54) is 13.1 Å². The zero-order valence-electron chi connectivity index (χ0n) is 14.6. The number of nitrogens with one attached hydrogen (secondary N) is 1. The number of ether oxygens (including phenoxy) is 1. The Bertz CT molecular complexity index is 1100. The third-order valence-electron chi connectivity index (χ3n) is 3.90. The van der Waals surface area contributed by atoms with Gasteiger partial charge in [-0.15, -0.1) is 0 Å². The van der Waals surface area contributed by atoms with Crippen LogP contribution in [0.25, 0.3) is 6.08 Å². The van der Waals surface area contributed by atoms with Crippen molar-refractivity contribution in [2.45, 2.75) is 6.61 Å². The highest BCUT2D eigenvalue weighted by Crippen LogP contribution is 2.21. The Balaban J connectivity index is 1.79. The number of aromatic amines is 1. The molecule has 0 amide bonds. The fourth-order valence-corrected chi connectivity index (χ4v) is 2.39. The lowest BCUT2D eigenvalue weighted by Gasteiger charge is -2.09. The number of H-pyrrole nitrogens is 1. The molecule has 7 heteroatoms. The van der Waals surface area contributed by atoms with E-state index in [2.05, 4.69) is 9.97 Å². The lowest BCUT2D eigenvalue weighted by Crippen LogP contribution is -2.35. The molecule has 0 aliphatic heterocycles. The van der Waals surface area contributed by atoms with Gasteiger partial charge in [-0.2, -0.15) is 0 Å². The van der Waals surface area contributed by atoms with Crippen LogP contribution in [-0.2, 0) is 13.7 Å². The van der Waals surface area contributed by atoms with Crippen LogP contribution in [-0.4, -0.2) is 20.3 Å². The van der Waals surface area contributed by atoms with Gasteiger partial charge in [0.25, 0.3) is 5.56 Å². The molecule has 0 fully saturated rings. The van der Waals surface area contributed by atoms with Gasteiger partial charge in [-0.05, 0) is 24.3 Å². The molecule has 0 saturated carbocycles. The second-order valence-electron chi connectivity index (χ2n) is 5.76. The Hall–Kier alpha value is -3.74. The van der Waals surface area contributed by atoms with Crippen LogP contribution in [0.5, 0.6) is 5.75 Å². The highest BCUT2D eigenvalue weighted by molar-refractivity contribution is 6.06. The minimum absolute atomic E-state index is 0.109. The highest BCUT2D eigenvalue weighted by atomic mass is 16.5. The van der Waals surface area contributed by atoms with Crippen LogP contribution in [0, 0.1) is 0 Å². The fourth-order valence-electron chi connectivity index (χ4n) is 2.39. The molecule has 0 spiro atoms. The monoisotopic (exact) mass is 363 g/mol. The highest BCUT2D eigenvalue weighted by Gasteiger charge is 2.10. The quantitative estimate of drug-likeness (QED) is 0.534. The minimum atomic E-state index is -0.644. The minimum Gasteiger partial charge on any atom is -0.488 e. The van der Waals surface area contributed by atoms with Gasteiger partial charge in [0.2, 0.25) is 0 Å². The Kier molecular flexibility index (Phi) is 5.41. The van der Waals surface area contributed by atoms with E-state index in [1.807, 2.05) is 24.3 Å². The number of allylic oxidation sites excluding steroid dienone is 1. The number of benzene rings is 1. The van der Waals surface area contributed by atoms with E-state index in [0.29, 0.717) is 17.9 Å². The summed E-state index contributed by atoms with van der Waals surface area (Å²) >= 11 is 0. The molecule has 0 atom stereocenters. The fraction of sp³-hybridized carbons (Fsp3) is 0.100. The third-order valence-corrected chi connectivity index (χ3v) is 3.90. The van der Waals surface area contributed by atoms with Crippen molar-refractivity contribution in [1.82, 2.24) is 14.5 Å². The van der Waals surface area contributed by atoms with E-state index < -0.39 is 17.0 Å². The normalized spacial score (nSPS) is 10.9. The Morgan fingerprint density at radius 3 is 2.81 bits per heavy atom. The van der Waals surface area contributed by atoms with Gasteiger partial charge in [-0.3, -0.25) is 19.1 Å². The van der Waals surface area contributed by atoms with Crippen molar-refractivity contribution in [2.75, 3.05) is 0 Å². The molecule has 2 aromatic heterocycles. The van der Waals surface area contributed by atoms with E-state index in [4.69, 9.17) is 4.74 Å². The average molecular weight is 363 g/mol. The number of carbonyl (C=O) groups is 1. The maximum atomic E-state index is 12.3. The molecule has 7 nitrogen and oxygen atoms in total. The SMILES string of the molecule is Cn1c(=O)[nH]cc(C(=O)C=Cc2ccccc2OCc2cccnc2)c1=O. The van der Waals surface area contributed by atoms with Gasteiger partial charge in [0.1, 0.15) is 17.9 Å². The molecule has 0 bridgehead atoms. The van der Waals surface area contributed by atoms with Gasteiger partial charge in [0, 0.05) is 36.8 Å². The summed E-state index contributed by atoms with van der Waals surface area (Å²) in [6, 6.07) is 11.0. The maximum Gasteiger partial charge on any atom is 0.328 e. The summed E-state index contributed by atoms with van der Waals surface area (Å²) < 4.78 is 6.66. The smallest absolute Gasteiger partial charge is 0.328 e. The molecule has 0 saturated heterocycles. The molecule has 1 N–H and O–H groups in total. The molecule has 3 aromatic rings. The van der Waals surface area contributed by atoms with E-state index in [0.717, 1.165) is 16.3 Å². The van der Waals surface area contributed by atoms with Gasteiger partial charge in [-0.25, -0.2) is 4.79 Å². The van der Waals surface area contributed by atoms with E-state index in [-0.39, 0.29) is 5.56 Å². The second kappa shape index (κ2) is 8.09. The average Bonchev–Trinajstić information content (AvgIpc) is 2.70. The van der Waals surface area contributed by atoms with Crippen molar-refractivity contribution >= 4 is 11.9 Å². The zero-order chi connectivity index (χ0) is 19.2. The van der Waals surface area contributed by atoms with Crippen molar-refractivity contribution in [3.05, 3.63) is 98.6 Å². The largest absolute Gasteiger partial charge is 0.488 e. The molecule has 0 aliphatic rings. The Labute approximate surface area is 154 Å². The van der Waals surface area contributed by atoms with Gasteiger partial charge in [0.05, 0.1) is 0 Å². The molecule has 0 aliphatic carbocycles. The number of hydrogen-bond acceptors (Lipinski definition) is 5. The summed E-state index contributed by atoms with van der Waals surface area (Å²) in [5.74, 6) is 0.0914. The van der Waals surface area contributed by atoms with E-state index in [9.17, 15) is 14.4 Å². The Morgan fingerprint density at radius 2 is 2.04 bits per heavy atom. The molecule has 1 aromatic carbocycles. The molecular weight excluding hydrogens is 346 g/mol. The molecule has 27 heavy (non-hydrogen) atoms. The molecule has 0 radical (unpaired) electrons. The van der Waals surface area contributed by atoms with Gasteiger partial charge >= 0.3 is 5.69 Å². The first kappa shape index (κ1) is 18.1. The van der Waals surface area contributed by atoms with Crippen molar-refractivity contribution in [2.24, 2.45) is 7.05 Å². The predicted molar refractivity (Wildman–Crippen MR) is 101 cm³/mol. The van der Waals surface area contributed by atoms with Crippen molar-refractivity contribution in [3.8, 4) is 5.75 Å². The topological polar surface area (TPSA) is 94.1 Å². The third kappa shape index (κ3) is 4.27. The van der Waals surface area contributed by atoms with Crippen LogP contribution in [0.4, 0.5) is 0 Å². The lowest BCUT2D eigenvalue weighted by atomic mass is 10.1. The summed E-state index contributed by atoms with van der Waals surface area (Å²) in [6.07, 6.45) is 7.38. The zero-order valence-corrected chi connectivity index (χ0v) is 14.6. The summed E-state index contributed by atoms with van der Waals surface area (Å²) in [5.41, 5.74) is 0.284. The number of para-hydroxylation sites is 1. The number of ketones is 1. The molecule has 136 valence electrons. The van der Waals surface area contributed by atoms with Gasteiger partial charge < -0.3 is 9.72 Å². The number of aromatic nitrogens is 3. The first-order valence-corrected chi connectivity index (χ1v) is 8.18. The summed E-state index contributed by atoms with van der Waals surface area (Å²) in [5, 5.41) is 0. The molecule has 0 unspecified atom stereocenters. The molecule has 3 rings (SSSR count). The maximum absolute atomic E-state index is 12.3. The number of nitrogens with zero attached hydrogens (tertiary/aromatic N) is 2. The number of hydrogen-bond donors (Lipinski definition) is 1. The first-order chi connectivity index (χ1) is 13.1. The van der Waals surface area contributed by atoms with Crippen molar-refractivity contribution < 1.29 is 9.53 Å². The number of carbonyl (C=O) groups excluding carboxylic acids is 1. The van der Waals surface area contributed by atoms with Crippen LogP contribution >= 0.6 is 0 Å². The predicted octanol–water partition coefficient (Wildman–Crippen LogP) is 1.94. The second-order valence-corrected chi connectivity index (χ2v) is 5.76. The van der Waals surface area contributed by atoms with Crippen LogP contribution in [0.3, 0.4) is 0 Å². The number of rotatable bonds is 6. The Morgan fingerprint density at radius 1 is 1.22 bits per heavy atom. The van der Waals surface area contributed by atoms with Crippen LogP contribution < -0.4 is 16.0 Å². The van der Waals surface area contributed by atoms with Crippen molar-refractivity contribution in [1.29, 1.82) is 0 Å². The van der Waals surface area contributed by atoms with E-state index >= 15 is 0 Å². The van der Waals surface area contributed by atoms with Crippen molar-refractivity contribution in [3.63, 3.8) is 0 Å². The summed E-state index contributed by atoms with van der Waals surface area (Å²) in [4.78, 5) is 42.1. The van der Waals surface area contributed by atoms with Crippen LogP contribution in [0.1, 0.15) is 21.5 Å². The first-order valence-electron chi connectivity index (χ1n) is 8.18. The summed E-state index contributed by atoms with van der Waals surface area (Å²) in [7, 11) is 1.31. The number of pyridine rings is 1. The molecular formula is C20H17N3O4. The van der Waals surface area contributed by atoms with E-state index in [1.54, 1.807) is 30.6 Å². The van der Waals surface area contributed by atoms with Gasteiger partial charge in [0.15, 0.2) is 5.78 Å².